The Morgan fingerprint density at radius 3 is 1.51 bits per heavy atom. The van der Waals surface area contributed by atoms with Crippen LogP contribution in [0.4, 0.5) is 0 Å². The SMILES string of the molecule is O=C(O)CN=Cc1cc(-c2cc(C=NCC(=O)O)c(O)c(C=NCC3OC3O)c2)cc(C=NCC(O)O)c1O. The van der Waals surface area contributed by atoms with E-state index in [9.17, 15) is 24.9 Å². The van der Waals surface area contributed by atoms with E-state index < -0.39 is 43.7 Å². The van der Waals surface area contributed by atoms with E-state index in [4.69, 9.17) is 25.2 Å². The molecule has 1 heterocycles. The topological polar surface area (TPSA) is 238 Å². The molecule has 39 heavy (non-hydrogen) atoms. The Morgan fingerprint density at radius 2 is 1.15 bits per heavy atom. The molecular formula is C25H26N4O10. The van der Waals surface area contributed by atoms with Crippen molar-refractivity contribution in [1.29, 1.82) is 0 Å². The van der Waals surface area contributed by atoms with Gasteiger partial charge in [-0.25, -0.2) is 0 Å². The average Bonchev–Trinajstić information content (AvgIpc) is 3.56. The highest BCUT2D eigenvalue weighted by atomic mass is 16.7. The Morgan fingerprint density at radius 1 is 0.769 bits per heavy atom. The van der Waals surface area contributed by atoms with Crippen molar-refractivity contribution in [2.45, 2.75) is 18.7 Å². The van der Waals surface area contributed by atoms with E-state index in [1.807, 2.05) is 0 Å². The zero-order chi connectivity index (χ0) is 28.5. The number of carboxylic acids is 2. The summed E-state index contributed by atoms with van der Waals surface area (Å²) in [4.78, 5) is 37.4. The van der Waals surface area contributed by atoms with Crippen LogP contribution >= 0.6 is 0 Å². The molecule has 2 aromatic rings. The predicted octanol–water partition coefficient (Wildman–Crippen LogP) is -0.363. The van der Waals surface area contributed by atoms with Crippen LogP contribution in [-0.2, 0) is 14.3 Å². The van der Waals surface area contributed by atoms with Crippen LogP contribution in [0.25, 0.3) is 11.1 Å². The molecular weight excluding hydrogens is 516 g/mol. The van der Waals surface area contributed by atoms with Crippen LogP contribution in [0.5, 0.6) is 11.5 Å². The first-order valence-electron chi connectivity index (χ1n) is 11.4. The van der Waals surface area contributed by atoms with Crippen molar-refractivity contribution < 1.29 is 50.1 Å². The van der Waals surface area contributed by atoms with E-state index in [2.05, 4.69) is 20.0 Å². The highest BCUT2D eigenvalue weighted by Gasteiger charge is 2.36. The second-order valence-electron chi connectivity index (χ2n) is 8.27. The number of carboxylic acid groups (broad SMARTS) is 2. The number of hydrogen-bond acceptors (Lipinski definition) is 12. The highest BCUT2D eigenvalue weighted by Crippen LogP contribution is 2.33. The summed E-state index contributed by atoms with van der Waals surface area (Å²) in [5.74, 6) is -2.89. The van der Waals surface area contributed by atoms with Gasteiger partial charge < -0.3 is 40.5 Å². The lowest BCUT2D eigenvalue weighted by molar-refractivity contribution is -0.136. The van der Waals surface area contributed by atoms with E-state index in [1.54, 1.807) is 6.07 Å². The van der Waals surface area contributed by atoms with E-state index in [0.29, 0.717) is 11.1 Å². The van der Waals surface area contributed by atoms with Crippen molar-refractivity contribution in [3.63, 3.8) is 0 Å². The fourth-order valence-electron chi connectivity index (χ4n) is 3.30. The van der Waals surface area contributed by atoms with Gasteiger partial charge in [0.2, 0.25) is 0 Å². The lowest BCUT2D eigenvalue weighted by atomic mass is 9.95. The molecule has 0 bridgehead atoms. The average molecular weight is 543 g/mol. The monoisotopic (exact) mass is 542 g/mol. The number of aromatic hydroxyl groups is 2. The minimum atomic E-state index is -1.71. The van der Waals surface area contributed by atoms with E-state index in [0.717, 1.165) is 6.21 Å². The van der Waals surface area contributed by atoms with Gasteiger partial charge in [-0.1, -0.05) is 0 Å². The second-order valence-corrected chi connectivity index (χ2v) is 8.27. The second kappa shape index (κ2) is 13.3. The van der Waals surface area contributed by atoms with Gasteiger partial charge in [-0.05, 0) is 35.4 Å². The molecule has 0 aliphatic carbocycles. The fraction of sp³-hybridized carbons (Fsp3) is 0.280. The van der Waals surface area contributed by atoms with Crippen molar-refractivity contribution >= 4 is 36.8 Å². The Labute approximate surface area is 221 Å². The number of epoxide rings is 1. The number of aliphatic imine (C=N–C) groups is 4. The molecule has 0 radical (unpaired) electrons. The van der Waals surface area contributed by atoms with Gasteiger partial charge in [0.15, 0.2) is 12.6 Å². The molecule has 0 saturated carbocycles. The number of phenols is 2. The van der Waals surface area contributed by atoms with Crippen molar-refractivity contribution in [3.05, 3.63) is 46.5 Å². The zero-order valence-corrected chi connectivity index (χ0v) is 20.3. The van der Waals surface area contributed by atoms with Gasteiger partial charge in [-0.15, -0.1) is 0 Å². The predicted molar refractivity (Wildman–Crippen MR) is 139 cm³/mol. The Bertz CT molecular complexity index is 1340. The zero-order valence-electron chi connectivity index (χ0n) is 20.3. The van der Waals surface area contributed by atoms with Gasteiger partial charge in [0.05, 0.1) is 13.1 Å². The summed E-state index contributed by atoms with van der Waals surface area (Å²) in [5, 5.41) is 66.6. The van der Waals surface area contributed by atoms with Crippen LogP contribution in [0.3, 0.4) is 0 Å². The third-order valence-corrected chi connectivity index (χ3v) is 5.16. The molecule has 0 spiro atoms. The van der Waals surface area contributed by atoms with Crippen molar-refractivity contribution in [2.75, 3.05) is 26.2 Å². The first-order valence-corrected chi connectivity index (χ1v) is 11.4. The summed E-state index contributed by atoms with van der Waals surface area (Å²) in [6.45, 7) is -1.32. The molecule has 14 nitrogen and oxygen atoms in total. The Kier molecular flexibility index (Phi) is 9.94. The number of hydrogen-bond donors (Lipinski definition) is 7. The molecule has 206 valence electrons. The van der Waals surface area contributed by atoms with Gasteiger partial charge in [0, 0.05) is 47.1 Å². The summed E-state index contributed by atoms with van der Waals surface area (Å²) in [7, 11) is 0. The van der Waals surface area contributed by atoms with Crippen LogP contribution in [0, 0.1) is 0 Å². The van der Waals surface area contributed by atoms with Crippen LogP contribution in [0.2, 0.25) is 0 Å². The van der Waals surface area contributed by atoms with E-state index in [1.165, 1.54) is 36.8 Å². The van der Waals surface area contributed by atoms with Gasteiger partial charge in [0.1, 0.15) is 30.7 Å². The minimum Gasteiger partial charge on any atom is -0.507 e. The Balaban J connectivity index is 2.11. The van der Waals surface area contributed by atoms with E-state index >= 15 is 0 Å². The van der Waals surface area contributed by atoms with E-state index in [-0.39, 0.29) is 46.8 Å². The minimum absolute atomic E-state index is 0.129. The number of carbonyl (C=O) groups is 2. The smallest absolute Gasteiger partial charge is 0.325 e. The van der Waals surface area contributed by atoms with Gasteiger partial charge >= 0.3 is 11.9 Å². The standard InChI is InChI=1S/C25H26N4O10/c30-20(31)10-27-6-16-2-13(1-15(23(16)36)5-26-9-19-25(38)39-19)14-3-17(7-28-11-21(32)33)24(37)18(4-14)8-29-12-22(34)35/h1-8,19,21,25,32-33,36-38H,9-12H2,(H,30,31)(H,34,35). The number of aliphatic carboxylic acids is 2. The third-order valence-electron chi connectivity index (χ3n) is 5.16. The molecule has 7 N–H and O–H groups in total. The van der Waals surface area contributed by atoms with Crippen LogP contribution in [-0.4, -0.2) is 117 Å². The molecule has 0 amide bonds. The fourth-order valence-corrected chi connectivity index (χ4v) is 3.30. The summed E-state index contributed by atoms with van der Waals surface area (Å²) < 4.78 is 4.89. The van der Waals surface area contributed by atoms with Crippen molar-refractivity contribution in [2.24, 2.45) is 20.0 Å². The third kappa shape index (κ3) is 8.79. The normalized spacial score (nSPS) is 17.3. The molecule has 3 rings (SSSR count). The molecule has 2 unspecified atom stereocenters. The lowest BCUT2D eigenvalue weighted by Gasteiger charge is -2.12. The Hall–Kier alpha value is -4.50. The number of rotatable bonds is 13. The molecule has 2 atom stereocenters. The van der Waals surface area contributed by atoms with Crippen molar-refractivity contribution in [3.8, 4) is 22.6 Å². The molecule has 1 fully saturated rings. The number of nitrogens with zero attached hydrogens (tertiary/aromatic N) is 4. The largest absolute Gasteiger partial charge is 0.507 e. The molecule has 14 heteroatoms. The molecule has 1 aliphatic heterocycles. The number of ether oxygens (including phenoxy) is 1. The van der Waals surface area contributed by atoms with Gasteiger partial charge in [-0.3, -0.25) is 29.6 Å². The first kappa shape index (κ1) is 29.1. The number of phenolic OH excluding ortho intramolecular Hbond substituents is 2. The highest BCUT2D eigenvalue weighted by molar-refractivity contribution is 5.98. The van der Waals surface area contributed by atoms with Gasteiger partial charge in [-0.2, -0.15) is 0 Å². The van der Waals surface area contributed by atoms with Crippen LogP contribution in [0.15, 0.2) is 44.2 Å². The van der Waals surface area contributed by atoms with Crippen LogP contribution in [0.1, 0.15) is 22.3 Å². The van der Waals surface area contributed by atoms with Gasteiger partial charge in [0.25, 0.3) is 0 Å². The lowest BCUT2D eigenvalue weighted by Crippen LogP contribution is -2.08. The summed E-state index contributed by atoms with van der Waals surface area (Å²) in [6, 6.07) is 6.07. The van der Waals surface area contributed by atoms with Crippen molar-refractivity contribution in [1.82, 2.24) is 0 Å². The molecule has 1 aliphatic rings. The molecule has 2 aromatic carbocycles. The maximum absolute atomic E-state index is 10.9. The maximum Gasteiger partial charge on any atom is 0.325 e. The summed E-state index contributed by atoms with van der Waals surface area (Å²) >= 11 is 0. The summed E-state index contributed by atoms with van der Waals surface area (Å²) in [5.41, 5.74) is 1.56. The quantitative estimate of drug-likeness (QED) is 0.0985. The molecule has 0 aromatic heterocycles. The van der Waals surface area contributed by atoms with Crippen LogP contribution < -0.4 is 0 Å². The number of aliphatic hydroxyl groups is 3. The molecule has 1 saturated heterocycles. The first-order chi connectivity index (χ1) is 18.5. The number of benzene rings is 2. The number of aliphatic hydroxyl groups excluding tert-OH is 2. The summed E-state index contributed by atoms with van der Waals surface area (Å²) in [6.07, 6.45) is 1.83. The maximum atomic E-state index is 10.9.